The minimum Gasteiger partial charge on any atom is -0.507 e. The maximum Gasteiger partial charge on any atom is 0.295 e. The molecule has 34 heavy (non-hydrogen) atoms. The number of ketones is 1. The van der Waals surface area contributed by atoms with E-state index in [-0.39, 0.29) is 29.0 Å². The summed E-state index contributed by atoms with van der Waals surface area (Å²) in [5.41, 5.74) is 1.25. The molecule has 1 N–H and O–H groups in total. The molecule has 6 nitrogen and oxygen atoms in total. The molecule has 0 aromatic heterocycles. The second kappa shape index (κ2) is 9.02. The van der Waals surface area contributed by atoms with E-state index in [4.69, 9.17) is 9.47 Å². The molecule has 1 unspecified atom stereocenters. The number of aliphatic hydroxyl groups is 1. The van der Waals surface area contributed by atoms with Crippen molar-refractivity contribution in [1.82, 2.24) is 4.90 Å². The number of aliphatic hydroxyl groups excluding tert-OH is 1. The van der Waals surface area contributed by atoms with E-state index in [1.54, 1.807) is 24.3 Å². The van der Waals surface area contributed by atoms with E-state index < -0.39 is 23.5 Å². The average molecular weight is 459 g/mol. The summed E-state index contributed by atoms with van der Waals surface area (Å²) in [4.78, 5) is 27.5. The summed E-state index contributed by atoms with van der Waals surface area (Å²) < 4.78 is 26.0. The van der Waals surface area contributed by atoms with Crippen molar-refractivity contribution in [3.05, 3.63) is 101 Å². The maximum absolute atomic E-state index is 14.9. The van der Waals surface area contributed by atoms with Crippen LogP contribution in [0.25, 0.3) is 5.76 Å². The first kappa shape index (κ1) is 21.7. The van der Waals surface area contributed by atoms with E-state index in [1.807, 2.05) is 30.3 Å². The predicted octanol–water partition coefficient (Wildman–Crippen LogP) is 4.26. The third-order valence-corrected chi connectivity index (χ3v) is 6.04. The van der Waals surface area contributed by atoms with Crippen LogP contribution in [0.5, 0.6) is 11.5 Å². The molecule has 5 rings (SSSR count). The fraction of sp³-hybridized carbons (Fsp3) is 0.185. The van der Waals surface area contributed by atoms with Crippen molar-refractivity contribution in [3.8, 4) is 11.5 Å². The Bertz CT molecular complexity index is 1290. The number of nitrogens with zero attached hydrogens (tertiary/aromatic N) is 1. The summed E-state index contributed by atoms with van der Waals surface area (Å²) in [7, 11) is 0. The first-order valence-electron chi connectivity index (χ1n) is 11.0. The number of amides is 1. The van der Waals surface area contributed by atoms with Gasteiger partial charge in [0.2, 0.25) is 0 Å². The van der Waals surface area contributed by atoms with Crippen LogP contribution in [0.2, 0.25) is 0 Å². The number of hydrogen-bond acceptors (Lipinski definition) is 5. The molecule has 7 heteroatoms. The van der Waals surface area contributed by atoms with Crippen molar-refractivity contribution < 1.29 is 28.6 Å². The Labute approximate surface area is 195 Å². The number of Topliss-reactive ketones (excluding diaryl/α,β-unsaturated/α-hetero) is 1. The van der Waals surface area contributed by atoms with E-state index in [0.29, 0.717) is 31.1 Å². The highest BCUT2D eigenvalue weighted by Gasteiger charge is 2.46. The lowest BCUT2D eigenvalue weighted by Gasteiger charge is -2.26. The number of fused-ring (bicyclic) bond motifs is 1. The Morgan fingerprint density at radius 3 is 2.41 bits per heavy atom. The largest absolute Gasteiger partial charge is 0.507 e. The fourth-order valence-corrected chi connectivity index (χ4v) is 4.37. The van der Waals surface area contributed by atoms with Crippen molar-refractivity contribution in [2.45, 2.75) is 12.5 Å². The van der Waals surface area contributed by atoms with Crippen LogP contribution in [0.4, 0.5) is 4.39 Å². The smallest absolute Gasteiger partial charge is 0.295 e. The summed E-state index contributed by atoms with van der Waals surface area (Å²) in [5, 5.41) is 11.2. The molecule has 0 aliphatic carbocycles. The van der Waals surface area contributed by atoms with Gasteiger partial charge in [-0.1, -0.05) is 48.5 Å². The second-order valence-electron chi connectivity index (χ2n) is 8.11. The van der Waals surface area contributed by atoms with E-state index in [0.717, 1.165) is 5.56 Å². The van der Waals surface area contributed by atoms with Crippen LogP contribution in [-0.4, -0.2) is 41.5 Å². The quantitative estimate of drug-likeness (QED) is 0.351. The third kappa shape index (κ3) is 3.90. The van der Waals surface area contributed by atoms with Crippen LogP contribution < -0.4 is 9.47 Å². The molecule has 0 saturated carbocycles. The van der Waals surface area contributed by atoms with Gasteiger partial charge in [-0.05, 0) is 36.2 Å². The minimum atomic E-state index is -1.06. The maximum atomic E-state index is 14.9. The molecule has 0 radical (unpaired) electrons. The second-order valence-corrected chi connectivity index (χ2v) is 8.11. The molecule has 0 spiro atoms. The zero-order valence-corrected chi connectivity index (χ0v) is 18.2. The Morgan fingerprint density at radius 2 is 1.65 bits per heavy atom. The lowest BCUT2D eigenvalue weighted by molar-refractivity contribution is -0.139. The Hall–Kier alpha value is -4.13. The molecule has 1 amide bonds. The van der Waals surface area contributed by atoms with Crippen molar-refractivity contribution in [2.24, 2.45) is 0 Å². The highest BCUT2D eigenvalue weighted by atomic mass is 19.1. The minimum absolute atomic E-state index is 0.147. The van der Waals surface area contributed by atoms with Crippen LogP contribution in [0.3, 0.4) is 0 Å². The van der Waals surface area contributed by atoms with Gasteiger partial charge >= 0.3 is 0 Å². The predicted molar refractivity (Wildman–Crippen MR) is 123 cm³/mol. The molecule has 2 heterocycles. The van der Waals surface area contributed by atoms with Gasteiger partial charge in [0, 0.05) is 17.7 Å². The van der Waals surface area contributed by atoms with Gasteiger partial charge in [0.1, 0.15) is 24.8 Å². The van der Waals surface area contributed by atoms with Gasteiger partial charge in [-0.3, -0.25) is 9.59 Å². The molecule has 2 aliphatic rings. The molecule has 1 saturated heterocycles. The zero-order chi connectivity index (χ0) is 23.7. The molecule has 3 aromatic rings. The number of hydrogen-bond donors (Lipinski definition) is 1. The molecular weight excluding hydrogens is 437 g/mol. The molecule has 1 fully saturated rings. The molecular formula is C27H22FNO5. The number of benzene rings is 3. The SMILES string of the molecule is O=C1C(=O)N(CCc2ccccc2)C(c2ccccc2F)C1=C(O)c1ccc2c(c1)OCCO2. The van der Waals surface area contributed by atoms with Gasteiger partial charge in [0.15, 0.2) is 11.5 Å². The van der Waals surface area contributed by atoms with Crippen LogP contribution >= 0.6 is 0 Å². The Balaban J connectivity index is 1.59. The number of ether oxygens (including phenoxy) is 2. The van der Waals surface area contributed by atoms with E-state index >= 15 is 0 Å². The number of rotatable bonds is 5. The van der Waals surface area contributed by atoms with Crippen molar-refractivity contribution >= 4 is 17.4 Å². The number of carbonyl (C=O) groups is 2. The molecule has 3 aromatic carbocycles. The fourth-order valence-electron chi connectivity index (χ4n) is 4.37. The van der Waals surface area contributed by atoms with Crippen molar-refractivity contribution in [3.63, 3.8) is 0 Å². The number of likely N-dealkylation sites (tertiary alicyclic amines) is 1. The summed E-state index contributed by atoms with van der Waals surface area (Å²) in [6.45, 7) is 0.958. The van der Waals surface area contributed by atoms with Gasteiger partial charge in [-0.15, -0.1) is 0 Å². The van der Waals surface area contributed by atoms with Gasteiger partial charge in [-0.2, -0.15) is 0 Å². The number of carbonyl (C=O) groups excluding carboxylic acids is 2. The Kier molecular flexibility index (Phi) is 5.76. The average Bonchev–Trinajstić information content (AvgIpc) is 3.12. The van der Waals surface area contributed by atoms with E-state index in [2.05, 4.69) is 0 Å². The normalized spacial score (nSPS) is 18.9. The molecule has 2 aliphatic heterocycles. The van der Waals surface area contributed by atoms with Gasteiger partial charge in [-0.25, -0.2) is 4.39 Å². The van der Waals surface area contributed by atoms with Crippen molar-refractivity contribution in [2.75, 3.05) is 19.8 Å². The van der Waals surface area contributed by atoms with Gasteiger partial charge < -0.3 is 19.5 Å². The lowest BCUT2D eigenvalue weighted by Crippen LogP contribution is -2.32. The Morgan fingerprint density at radius 1 is 0.941 bits per heavy atom. The summed E-state index contributed by atoms with van der Waals surface area (Å²) >= 11 is 0. The standard InChI is InChI=1S/C27H22FNO5/c28-20-9-5-4-8-19(20)24-23(25(30)18-10-11-21-22(16-18)34-15-14-33-21)26(31)27(32)29(24)13-12-17-6-2-1-3-7-17/h1-11,16,24,30H,12-15H2. The highest BCUT2D eigenvalue weighted by Crippen LogP contribution is 2.41. The number of halogens is 1. The van der Waals surface area contributed by atoms with E-state index in [1.165, 1.54) is 23.1 Å². The van der Waals surface area contributed by atoms with Crippen molar-refractivity contribution in [1.29, 1.82) is 0 Å². The molecule has 1 atom stereocenters. The summed E-state index contributed by atoms with van der Waals surface area (Å²) in [5.74, 6) is -1.62. The first-order chi connectivity index (χ1) is 16.5. The third-order valence-electron chi connectivity index (χ3n) is 6.04. The highest BCUT2D eigenvalue weighted by molar-refractivity contribution is 6.46. The van der Waals surface area contributed by atoms with E-state index in [9.17, 15) is 19.1 Å². The monoisotopic (exact) mass is 459 g/mol. The summed E-state index contributed by atoms with van der Waals surface area (Å²) in [6.07, 6.45) is 0.475. The lowest BCUT2D eigenvalue weighted by atomic mass is 9.94. The molecule has 0 bridgehead atoms. The van der Waals surface area contributed by atoms with Gasteiger partial charge in [0.25, 0.3) is 11.7 Å². The topological polar surface area (TPSA) is 76.1 Å². The molecule has 172 valence electrons. The van der Waals surface area contributed by atoms with Crippen LogP contribution in [-0.2, 0) is 16.0 Å². The summed E-state index contributed by atoms with van der Waals surface area (Å²) in [6, 6.07) is 19.2. The van der Waals surface area contributed by atoms with Crippen LogP contribution in [0.15, 0.2) is 78.4 Å². The van der Waals surface area contributed by atoms with Gasteiger partial charge in [0.05, 0.1) is 11.6 Å². The van der Waals surface area contributed by atoms with Crippen LogP contribution in [0.1, 0.15) is 22.7 Å². The van der Waals surface area contributed by atoms with Crippen LogP contribution in [0, 0.1) is 5.82 Å². The zero-order valence-electron chi connectivity index (χ0n) is 18.2. The first-order valence-corrected chi connectivity index (χ1v) is 11.0.